The van der Waals surface area contributed by atoms with Gasteiger partial charge in [-0.2, -0.15) is 0 Å². The molecule has 0 aromatic carbocycles. The summed E-state index contributed by atoms with van der Waals surface area (Å²) in [4.78, 5) is 0. The second-order valence-electron chi connectivity index (χ2n) is 3.79. The second-order valence-corrected chi connectivity index (χ2v) is 3.79. The maximum Gasteiger partial charge on any atom is 0.104 e. The lowest BCUT2D eigenvalue weighted by atomic mass is 9.70. The summed E-state index contributed by atoms with van der Waals surface area (Å²) >= 11 is 0. The fourth-order valence-electron chi connectivity index (χ4n) is 1.57. The average molecular weight is 185 g/mol. The Labute approximate surface area is 77.9 Å². The summed E-state index contributed by atoms with van der Waals surface area (Å²) in [5.41, 5.74) is 5.26. The largest absolute Gasteiger partial charge is 0.395 e. The zero-order valence-electron chi connectivity index (χ0n) is 8.00. The smallest absolute Gasteiger partial charge is 0.104 e. The Morgan fingerprint density at radius 2 is 2.38 bits per heavy atom. The van der Waals surface area contributed by atoms with Crippen molar-refractivity contribution in [2.75, 3.05) is 6.61 Å². The van der Waals surface area contributed by atoms with Crippen LogP contribution in [0.1, 0.15) is 13.8 Å². The molecule has 3 atom stereocenters. The van der Waals surface area contributed by atoms with Crippen LogP contribution in [0.3, 0.4) is 0 Å². The molecule has 74 valence electrons. The molecule has 3 heteroatoms. The zero-order valence-corrected chi connectivity index (χ0v) is 8.00. The molecule has 0 fully saturated rings. The predicted molar refractivity (Wildman–Crippen MR) is 50.7 cm³/mol. The van der Waals surface area contributed by atoms with Gasteiger partial charge in [0.25, 0.3) is 0 Å². The third-order valence-electron chi connectivity index (χ3n) is 3.05. The molecule has 1 aliphatic carbocycles. The van der Waals surface area contributed by atoms with Gasteiger partial charge in [0.05, 0.1) is 6.61 Å². The molecule has 0 amide bonds. The van der Waals surface area contributed by atoms with Gasteiger partial charge < -0.3 is 10.8 Å². The van der Waals surface area contributed by atoms with Gasteiger partial charge in [0.1, 0.15) is 5.83 Å². The lowest BCUT2D eigenvalue weighted by molar-refractivity contribution is 0.150. The van der Waals surface area contributed by atoms with Crippen molar-refractivity contribution in [3.05, 3.63) is 24.1 Å². The van der Waals surface area contributed by atoms with Gasteiger partial charge >= 0.3 is 0 Å². The average Bonchev–Trinajstić information content (AvgIpc) is 2.13. The second kappa shape index (κ2) is 3.60. The number of rotatable bonds is 2. The molecular formula is C10H16FNO. The van der Waals surface area contributed by atoms with Crippen molar-refractivity contribution >= 4 is 0 Å². The van der Waals surface area contributed by atoms with Gasteiger partial charge in [-0.25, -0.2) is 4.39 Å². The van der Waals surface area contributed by atoms with Crippen LogP contribution >= 0.6 is 0 Å². The van der Waals surface area contributed by atoms with Gasteiger partial charge in [-0.3, -0.25) is 0 Å². The fraction of sp³-hybridized carbons (Fsp3) is 0.600. The first-order valence-electron chi connectivity index (χ1n) is 4.43. The van der Waals surface area contributed by atoms with E-state index >= 15 is 0 Å². The third-order valence-corrected chi connectivity index (χ3v) is 3.05. The maximum absolute atomic E-state index is 13.2. The highest BCUT2D eigenvalue weighted by atomic mass is 19.1. The summed E-state index contributed by atoms with van der Waals surface area (Å²) in [7, 11) is 0. The van der Waals surface area contributed by atoms with Crippen LogP contribution in [-0.2, 0) is 0 Å². The molecule has 1 aliphatic rings. The number of hydrogen-bond donors (Lipinski definition) is 2. The molecule has 0 heterocycles. The maximum atomic E-state index is 13.2. The van der Waals surface area contributed by atoms with E-state index in [0.29, 0.717) is 0 Å². The van der Waals surface area contributed by atoms with E-state index in [1.165, 1.54) is 6.08 Å². The van der Waals surface area contributed by atoms with Crippen LogP contribution in [0, 0.1) is 11.3 Å². The predicted octanol–water partition coefficient (Wildman–Crippen LogP) is 1.37. The molecule has 0 saturated heterocycles. The Morgan fingerprint density at radius 3 is 2.92 bits per heavy atom. The Hall–Kier alpha value is -0.670. The molecule has 0 saturated carbocycles. The molecule has 0 radical (unpaired) electrons. The number of aliphatic hydroxyl groups excluding tert-OH is 1. The van der Waals surface area contributed by atoms with E-state index in [-0.39, 0.29) is 18.4 Å². The summed E-state index contributed by atoms with van der Waals surface area (Å²) < 4.78 is 13.2. The highest BCUT2D eigenvalue weighted by Gasteiger charge is 2.38. The highest BCUT2D eigenvalue weighted by Crippen LogP contribution is 2.39. The first-order valence-corrected chi connectivity index (χ1v) is 4.43. The minimum atomic E-state index is -0.479. The molecule has 2 nitrogen and oxygen atoms in total. The zero-order chi connectivity index (χ0) is 10.1. The van der Waals surface area contributed by atoms with Crippen molar-refractivity contribution in [3.63, 3.8) is 0 Å². The molecule has 3 N–H and O–H groups in total. The highest BCUT2D eigenvalue weighted by molar-refractivity contribution is 5.24. The number of allylic oxidation sites excluding steroid dienone is 3. The van der Waals surface area contributed by atoms with E-state index in [1.54, 1.807) is 13.0 Å². The van der Waals surface area contributed by atoms with Crippen LogP contribution in [0.25, 0.3) is 0 Å². The van der Waals surface area contributed by atoms with Gasteiger partial charge in [-0.05, 0) is 6.08 Å². The Balaban J connectivity index is 2.92. The van der Waals surface area contributed by atoms with Crippen LogP contribution in [0.5, 0.6) is 0 Å². The minimum Gasteiger partial charge on any atom is -0.395 e. The number of nitrogens with two attached hydrogens (primary N) is 1. The summed E-state index contributed by atoms with van der Waals surface area (Å²) in [6, 6.07) is -0.418. The van der Waals surface area contributed by atoms with Crippen LogP contribution in [0.15, 0.2) is 24.1 Å². The minimum absolute atomic E-state index is 0.127. The van der Waals surface area contributed by atoms with E-state index < -0.39 is 11.5 Å². The normalized spacial score (nSPS) is 35.8. The lowest BCUT2D eigenvalue weighted by Crippen LogP contribution is -2.46. The van der Waals surface area contributed by atoms with Crippen molar-refractivity contribution < 1.29 is 9.50 Å². The summed E-state index contributed by atoms with van der Waals surface area (Å²) in [6.07, 6.45) is 4.96. The molecule has 0 bridgehead atoms. The van der Waals surface area contributed by atoms with Crippen molar-refractivity contribution in [3.8, 4) is 0 Å². The van der Waals surface area contributed by atoms with Gasteiger partial charge in [0.15, 0.2) is 0 Å². The third kappa shape index (κ3) is 1.67. The Bertz CT molecular complexity index is 249. The first-order chi connectivity index (χ1) is 6.02. The van der Waals surface area contributed by atoms with Crippen LogP contribution in [0.4, 0.5) is 4.39 Å². The van der Waals surface area contributed by atoms with Crippen molar-refractivity contribution in [1.82, 2.24) is 0 Å². The van der Waals surface area contributed by atoms with Crippen LogP contribution in [0.2, 0.25) is 0 Å². The molecule has 0 aliphatic heterocycles. The Morgan fingerprint density at radius 1 is 1.77 bits per heavy atom. The monoisotopic (exact) mass is 185 g/mol. The van der Waals surface area contributed by atoms with E-state index in [2.05, 4.69) is 0 Å². The van der Waals surface area contributed by atoms with Gasteiger partial charge in [0, 0.05) is 17.4 Å². The van der Waals surface area contributed by atoms with Crippen molar-refractivity contribution in [1.29, 1.82) is 0 Å². The summed E-state index contributed by atoms with van der Waals surface area (Å²) in [6.45, 7) is 3.52. The van der Waals surface area contributed by atoms with Gasteiger partial charge in [-0.15, -0.1) is 0 Å². The van der Waals surface area contributed by atoms with E-state index in [9.17, 15) is 4.39 Å². The van der Waals surface area contributed by atoms with Gasteiger partial charge in [-0.1, -0.05) is 26.0 Å². The number of hydrogen-bond acceptors (Lipinski definition) is 2. The standard InChI is InChI=1S/C10H16FNO/c1-7-8(11)4-3-5-10(7,2)9(12)6-13/h3-5,7,9,13H,6,12H2,1-2H3/t7?,9-,10?/m1/s1. The molecule has 0 aromatic rings. The first kappa shape index (κ1) is 10.4. The van der Waals surface area contributed by atoms with Crippen LogP contribution in [-0.4, -0.2) is 17.8 Å². The summed E-state index contributed by atoms with van der Waals surface area (Å²) in [5.74, 6) is -0.437. The van der Waals surface area contributed by atoms with Gasteiger partial charge in [0.2, 0.25) is 0 Å². The topological polar surface area (TPSA) is 46.2 Å². The van der Waals surface area contributed by atoms with E-state index in [1.807, 2.05) is 13.0 Å². The molecule has 1 rings (SSSR count). The number of halogens is 1. The molecule has 0 aromatic heterocycles. The molecule has 13 heavy (non-hydrogen) atoms. The molecular weight excluding hydrogens is 169 g/mol. The van der Waals surface area contributed by atoms with E-state index in [0.717, 1.165) is 0 Å². The molecule has 0 spiro atoms. The van der Waals surface area contributed by atoms with Crippen molar-refractivity contribution in [2.24, 2.45) is 17.1 Å². The fourth-order valence-corrected chi connectivity index (χ4v) is 1.57. The SMILES string of the molecule is CC1C(F)=CC=CC1(C)[C@H](N)CO. The Kier molecular flexibility index (Phi) is 2.88. The number of aliphatic hydroxyl groups is 1. The quantitative estimate of drug-likeness (QED) is 0.682. The van der Waals surface area contributed by atoms with Crippen molar-refractivity contribution in [2.45, 2.75) is 19.9 Å². The van der Waals surface area contributed by atoms with Crippen LogP contribution < -0.4 is 5.73 Å². The van der Waals surface area contributed by atoms with E-state index in [4.69, 9.17) is 10.8 Å². The summed E-state index contributed by atoms with van der Waals surface area (Å²) in [5, 5.41) is 8.96. The lowest BCUT2D eigenvalue weighted by Gasteiger charge is -2.38. The molecule has 2 unspecified atom stereocenters.